The van der Waals surface area contributed by atoms with Gasteiger partial charge < -0.3 is 5.32 Å². The van der Waals surface area contributed by atoms with Crippen LogP contribution in [0.3, 0.4) is 0 Å². The van der Waals surface area contributed by atoms with E-state index in [4.69, 9.17) is 5.26 Å². The third-order valence-electron chi connectivity index (χ3n) is 3.20. The first-order chi connectivity index (χ1) is 11.3. The molecule has 2 aromatic carbocycles. The number of hydrogen-bond donors (Lipinski definition) is 1. The molecule has 2 aromatic rings. The molecule has 0 unspecified atom stereocenters. The summed E-state index contributed by atoms with van der Waals surface area (Å²) in [6.07, 6.45) is -3.13. The van der Waals surface area contributed by atoms with Crippen LogP contribution in [-0.4, -0.2) is 5.91 Å². The maximum absolute atomic E-state index is 12.7. The molecule has 0 fully saturated rings. The highest BCUT2D eigenvalue weighted by atomic mass is 19.4. The van der Waals surface area contributed by atoms with E-state index in [-0.39, 0.29) is 11.3 Å². The molecule has 1 amide bonds. The Morgan fingerprint density at radius 1 is 1.17 bits per heavy atom. The van der Waals surface area contributed by atoms with Crippen LogP contribution in [0.4, 0.5) is 18.9 Å². The molecule has 0 bridgehead atoms. The van der Waals surface area contributed by atoms with Crippen molar-refractivity contribution in [3.8, 4) is 6.07 Å². The lowest BCUT2D eigenvalue weighted by Gasteiger charge is -2.09. The third-order valence-corrected chi connectivity index (χ3v) is 3.20. The van der Waals surface area contributed by atoms with Gasteiger partial charge in [-0.05, 0) is 36.8 Å². The molecule has 0 heterocycles. The lowest BCUT2D eigenvalue weighted by atomic mass is 10.1. The number of nitrogens with zero attached hydrogens (tertiary/aromatic N) is 1. The number of nitriles is 1. The predicted molar refractivity (Wildman–Crippen MR) is 84.8 cm³/mol. The van der Waals surface area contributed by atoms with Gasteiger partial charge in [0.15, 0.2) is 0 Å². The van der Waals surface area contributed by atoms with E-state index in [1.807, 2.05) is 19.1 Å². The van der Waals surface area contributed by atoms with Crippen LogP contribution >= 0.6 is 0 Å². The maximum Gasteiger partial charge on any atom is 0.416 e. The van der Waals surface area contributed by atoms with Crippen molar-refractivity contribution in [2.24, 2.45) is 0 Å². The minimum Gasteiger partial charge on any atom is -0.321 e. The van der Waals surface area contributed by atoms with E-state index in [9.17, 15) is 18.0 Å². The van der Waals surface area contributed by atoms with Gasteiger partial charge in [0.05, 0.1) is 5.56 Å². The van der Waals surface area contributed by atoms with E-state index in [1.54, 1.807) is 18.2 Å². The Bertz CT molecular complexity index is 815. The van der Waals surface area contributed by atoms with Crippen LogP contribution in [0.2, 0.25) is 0 Å². The van der Waals surface area contributed by atoms with Crippen molar-refractivity contribution in [3.63, 3.8) is 0 Å². The number of rotatable bonds is 3. The van der Waals surface area contributed by atoms with Gasteiger partial charge in [-0.3, -0.25) is 4.79 Å². The van der Waals surface area contributed by atoms with Crippen molar-refractivity contribution in [2.75, 3.05) is 5.32 Å². The minimum absolute atomic E-state index is 0.0279. The predicted octanol–water partition coefficient (Wildman–Crippen LogP) is 4.56. The normalized spacial score (nSPS) is 11.7. The monoisotopic (exact) mass is 330 g/mol. The number of nitrogens with one attached hydrogen (secondary N) is 1. The zero-order valence-electron chi connectivity index (χ0n) is 12.7. The molecule has 24 heavy (non-hydrogen) atoms. The standard InChI is InChI=1S/C18H13F3N2O/c1-12-5-7-13(8-6-12)9-14(11-22)17(24)23-16-4-2-3-15(10-16)18(19,20)21/h2-10H,1H3,(H,23,24)/b14-9+. The molecule has 2 rings (SSSR count). The van der Waals surface area contributed by atoms with Gasteiger partial charge in [0, 0.05) is 5.69 Å². The quantitative estimate of drug-likeness (QED) is 0.662. The van der Waals surface area contributed by atoms with Gasteiger partial charge in [0.1, 0.15) is 11.6 Å². The number of anilines is 1. The van der Waals surface area contributed by atoms with E-state index in [0.29, 0.717) is 5.56 Å². The van der Waals surface area contributed by atoms with E-state index in [1.165, 1.54) is 18.2 Å². The fraction of sp³-hybridized carbons (Fsp3) is 0.111. The summed E-state index contributed by atoms with van der Waals surface area (Å²) in [6, 6.07) is 13.1. The first kappa shape index (κ1) is 17.3. The van der Waals surface area contributed by atoms with Crippen LogP contribution in [0, 0.1) is 18.3 Å². The Balaban J connectivity index is 2.21. The summed E-state index contributed by atoms with van der Waals surface area (Å²) in [5, 5.41) is 11.4. The topological polar surface area (TPSA) is 52.9 Å². The van der Waals surface area contributed by atoms with Crippen LogP contribution in [0.15, 0.2) is 54.1 Å². The zero-order valence-corrected chi connectivity index (χ0v) is 12.7. The fourth-order valence-electron chi connectivity index (χ4n) is 1.95. The second-order valence-corrected chi connectivity index (χ2v) is 5.11. The summed E-state index contributed by atoms with van der Waals surface area (Å²) >= 11 is 0. The zero-order chi connectivity index (χ0) is 17.7. The average molecular weight is 330 g/mol. The summed E-state index contributed by atoms with van der Waals surface area (Å²) < 4.78 is 38.0. The molecule has 0 saturated heterocycles. The minimum atomic E-state index is -4.50. The molecule has 1 N–H and O–H groups in total. The molecule has 0 aliphatic rings. The summed E-state index contributed by atoms with van der Waals surface area (Å²) in [5.41, 5.74) is 0.577. The summed E-state index contributed by atoms with van der Waals surface area (Å²) in [7, 11) is 0. The van der Waals surface area contributed by atoms with E-state index in [2.05, 4.69) is 5.32 Å². The number of benzene rings is 2. The van der Waals surface area contributed by atoms with E-state index in [0.717, 1.165) is 17.7 Å². The number of carbonyl (C=O) groups excluding carboxylic acids is 1. The number of carbonyl (C=O) groups is 1. The van der Waals surface area contributed by atoms with Gasteiger partial charge in [0.2, 0.25) is 0 Å². The second-order valence-electron chi connectivity index (χ2n) is 5.11. The van der Waals surface area contributed by atoms with Crippen molar-refractivity contribution in [1.29, 1.82) is 5.26 Å². The van der Waals surface area contributed by atoms with Crippen molar-refractivity contribution in [3.05, 3.63) is 70.8 Å². The summed E-state index contributed by atoms with van der Waals surface area (Å²) in [5.74, 6) is -0.766. The molecule has 0 aliphatic carbocycles. The smallest absolute Gasteiger partial charge is 0.321 e. The van der Waals surface area contributed by atoms with Crippen molar-refractivity contribution in [2.45, 2.75) is 13.1 Å². The number of hydrogen-bond acceptors (Lipinski definition) is 2. The van der Waals surface area contributed by atoms with Crippen molar-refractivity contribution >= 4 is 17.7 Å². The van der Waals surface area contributed by atoms with Crippen LogP contribution in [0.5, 0.6) is 0 Å². The lowest BCUT2D eigenvalue weighted by molar-refractivity contribution is -0.137. The number of halogens is 3. The first-order valence-electron chi connectivity index (χ1n) is 6.96. The van der Waals surface area contributed by atoms with Crippen LogP contribution in [0.25, 0.3) is 6.08 Å². The van der Waals surface area contributed by atoms with Gasteiger partial charge in [-0.1, -0.05) is 35.9 Å². The molecule has 0 aromatic heterocycles. The molecule has 0 aliphatic heterocycles. The second kappa shape index (κ2) is 7.01. The van der Waals surface area contributed by atoms with Crippen LogP contribution in [0.1, 0.15) is 16.7 Å². The lowest BCUT2D eigenvalue weighted by Crippen LogP contribution is -2.14. The molecular formula is C18H13F3N2O. The van der Waals surface area contributed by atoms with Gasteiger partial charge in [-0.25, -0.2) is 0 Å². The van der Waals surface area contributed by atoms with Crippen molar-refractivity contribution in [1.82, 2.24) is 0 Å². The molecule has 0 radical (unpaired) electrons. The Morgan fingerprint density at radius 3 is 2.42 bits per heavy atom. The maximum atomic E-state index is 12.7. The Labute approximate surface area is 137 Å². The largest absolute Gasteiger partial charge is 0.416 e. The highest BCUT2D eigenvalue weighted by Gasteiger charge is 2.30. The Hall–Kier alpha value is -3.07. The molecule has 0 saturated carbocycles. The van der Waals surface area contributed by atoms with Gasteiger partial charge in [0.25, 0.3) is 5.91 Å². The number of alkyl halides is 3. The van der Waals surface area contributed by atoms with E-state index < -0.39 is 17.6 Å². The fourth-order valence-corrected chi connectivity index (χ4v) is 1.95. The van der Waals surface area contributed by atoms with Gasteiger partial charge in [-0.2, -0.15) is 18.4 Å². The molecule has 6 heteroatoms. The molecule has 3 nitrogen and oxygen atoms in total. The first-order valence-corrected chi connectivity index (χ1v) is 6.96. The SMILES string of the molecule is Cc1ccc(/C=C(\C#N)C(=O)Nc2cccc(C(F)(F)F)c2)cc1. The average Bonchev–Trinajstić information content (AvgIpc) is 2.53. The highest BCUT2D eigenvalue weighted by molar-refractivity contribution is 6.09. The molecule has 122 valence electrons. The van der Waals surface area contributed by atoms with Crippen molar-refractivity contribution < 1.29 is 18.0 Å². The molecule has 0 spiro atoms. The van der Waals surface area contributed by atoms with Gasteiger partial charge in [-0.15, -0.1) is 0 Å². The number of aryl methyl sites for hydroxylation is 1. The number of amides is 1. The van der Waals surface area contributed by atoms with Crippen LogP contribution in [-0.2, 0) is 11.0 Å². The summed E-state index contributed by atoms with van der Waals surface area (Å²) in [6.45, 7) is 1.90. The third kappa shape index (κ3) is 4.46. The molecule has 0 atom stereocenters. The van der Waals surface area contributed by atoms with Crippen LogP contribution < -0.4 is 5.32 Å². The Kier molecular flexibility index (Phi) is 5.05. The van der Waals surface area contributed by atoms with Gasteiger partial charge >= 0.3 is 6.18 Å². The Morgan fingerprint density at radius 2 is 1.83 bits per heavy atom. The highest BCUT2D eigenvalue weighted by Crippen LogP contribution is 2.30. The molecular weight excluding hydrogens is 317 g/mol. The van der Waals surface area contributed by atoms with E-state index >= 15 is 0 Å². The summed E-state index contributed by atoms with van der Waals surface area (Å²) in [4.78, 5) is 12.1.